The van der Waals surface area contributed by atoms with E-state index in [1.807, 2.05) is 0 Å². The molecule has 4 atom stereocenters. The van der Waals surface area contributed by atoms with E-state index in [1.54, 1.807) is 60.7 Å². The summed E-state index contributed by atoms with van der Waals surface area (Å²) in [6.45, 7) is -0.269. The molecule has 34 heavy (non-hydrogen) atoms. The maximum atomic E-state index is 12.5. The number of aliphatic hydroxyl groups is 1. The number of rotatable bonds is 7. The summed E-state index contributed by atoms with van der Waals surface area (Å²) in [6.07, 6.45) is -3.28. The lowest BCUT2D eigenvalue weighted by Crippen LogP contribution is -2.29. The summed E-state index contributed by atoms with van der Waals surface area (Å²) in [5.41, 5.74) is 0.813. The Morgan fingerprint density at radius 2 is 1.29 bits per heavy atom. The number of benzene rings is 3. The van der Waals surface area contributed by atoms with Crippen molar-refractivity contribution in [2.24, 2.45) is 0 Å². The maximum absolute atomic E-state index is 12.5. The van der Waals surface area contributed by atoms with Crippen LogP contribution < -0.4 is 0 Å². The van der Waals surface area contributed by atoms with E-state index in [0.29, 0.717) is 11.1 Å². The minimum absolute atomic E-state index is 0.0262. The van der Waals surface area contributed by atoms with Gasteiger partial charge in [-0.2, -0.15) is 0 Å². The van der Waals surface area contributed by atoms with Crippen molar-refractivity contribution >= 4 is 17.9 Å². The third-order valence-corrected chi connectivity index (χ3v) is 5.84. The van der Waals surface area contributed by atoms with E-state index < -0.39 is 42.1 Å². The van der Waals surface area contributed by atoms with E-state index in [2.05, 4.69) is 0 Å². The number of hydrogen-bond donors (Lipinski definition) is 3. The van der Waals surface area contributed by atoms with Gasteiger partial charge in [0.2, 0.25) is 0 Å². The second-order valence-corrected chi connectivity index (χ2v) is 7.86. The molecule has 4 rings (SSSR count). The highest BCUT2D eigenvalue weighted by Gasteiger charge is 2.47. The molecule has 8 nitrogen and oxygen atoms in total. The van der Waals surface area contributed by atoms with Crippen LogP contribution in [0.15, 0.2) is 78.9 Å². The molecule has 8 heteroatoms. The quantitative estimate of drug-likeness (QED) is 0.455. The van der Waals surface area contributed by atoms with Crippen molar-refractivity contribution in [3.8, 4) is 0 Å². The Balaban J connectivity index is 1.70. The molecule has 0 aliphatic carbocycles. The smallest absolute Gasteiger partial charge is 0.338 e. The molecule has 0 aromatic heterocycles. The molecule has 0 amide bonds. The van der Waals surface area contributed by atoms with E-state index in [4.69, 9.17) is 9.47 Å². The molecule has 1 fully saturated rings. The number of aliphatic hydroxyl groups excluding tert-OH is 1. The molecule has 0 radical (unpaired) electrons. The molecule has 3 aromatic rings. The van der Waals surface area contributed by atoms with Gasteiger partial charge in [-0.3, -0.25) is 0 Å². The molecular weight excluding hydrogens is 440 g/mol. The first kappa shape index (κ1) is 23.2. The molecular formula is C26H22O8. The van der Waals surface area contributed by atoms with Crippen molar-refractivity contribution in [3.63, 3.8) is 0 Å². The Labute approximate surface area is 195 Å². The van der Waals surface area contributed by atoms with Crippen LogP contribution in [0.5, 0.6) is 0 Å². The van der Waals surface area contributed by atoms with Crippen molar-refractivity contribution in [1.29, 1.82) is 0 Å². The molecule has 174 valence electrons. The highest BCUT2D eigenvalue weighted by atomic mass is 16.6. The topological polar surface area (TPSA) is 130 Å². The average Bonchev–Trinajstić information content (AvgIpc) is 3.18. The number of carbonyl (C=O) groups is 3. The Kier molecular flexibility index (Phi) is 6.72. The first-order chi connectivity index (χ1) is 16.4. The normalized spacial score (nSPS) is 21.7. The van der Waals surface area contributed by atoms with Gasteiger partial charge >= 0.3 is 17.9 Å². The predicted molar refractivity (Wildman–Crippen MR) is 120 cm³/mol. The molecule has 3 aromatic carbocycles. The zero-order valence-electron chi connectivity index (χ0n) is 17.9. The lowest BCUT2D eigenvalue weighted by Gasteiger charge is -2.22. The molecule has 0 spiro atoms. The Bertz CT molecular complexity index is 1210. The zero-order valence-corrected chi connectivity index (χ0v) is 17.9. The molecule has 1 unspecified atom stereocenters. The molecule has 1 heterocycles. The number of esters is 1. The summed E-state index contributed by atoms with van der Waals surface area (Å²) in [4.78, 5) is 36.1. The van der Waals surface area contributed by atoms with Gasteiger partial charge in [0.05, 0.1) is 22.8 Å². The van der Waals surface area contributed by atoms with E-state index in [-0.39, 0.29) is 23.3 Å². The highest BCUT2D eigenvalue weighted by Crippen LogP contribution is 2.45. The number of carboxylic acids is 2. The number of hydrogen-bond acceptors (Lipinski definition) is 6. The maximum Gasteiger partial charge on any atom is 0.338 e. The molecule has 3 N–H and O–H groups in total. The third kappa shape index (κ3) is 4.54. The van der Waals surface area contributed by atoms with Crippen molar-refractivity contribution in [1.82, 2.24) is 0 Å². The summed E-state index contributed by atoms with van der Waals surface area (Å²) < 4.78 is 11.5. The molecule has 0 bridgehead atoms. The lowest BCUT2D eigenvalue weighted by molar-refractivity contribution is -0.0225. The first-order valence-corrected chi connectivity index (χ1v) is 10.6. The average molecular weight is 462 g/mol. The highest BCUT2D eigenvalue weighted by molar-refractivity contribution is 5.91. The fourth-order valence-corrected chi connectivity index (χ4v) is 4.28. The molecule has 0 saturated carbocycles. The van der Waals surface area contributed by atoms with Crippen molar-refractivity contribution in [3.05, 3.63) is 107 Å². The van der Waals surface area contributed by atoms with Gasteiger partial charge in [0.25, 0.3) is 0 Å². The second-order valence-electron chi connectivity index (χ2n) is 7.86. The molecule has 1 aliphatic rings. The first-order valence-electron chi connectivity index (χ1n) is 10.6. The van der Waals surface area contributed by atoms with Crippen LogP contribution >= 0.6 is 0 Å². The van der Waals surface area contributed by atoms with Crippen molar-refractivity contribution in [2.75, 3.05) is 6.61 Å². The lowest BCUT2D eigenvalue weighted by atomic mass is 9.84. The van der Waals surface area contributed by atoms with Crippen LogP contribution in [0.2, 0.25) is 0 Å². The summed E-state index contributed by atoms with van der Waals surface area (Å²) in [5.74, 6) is -3.86. The Hall–Kier alpha value is -4.01. The largest absolute Gasteiger partial charge is 0.478 e. The number of carbonyl (C=O) groups excluding carboxylic acids is 1. The van der Waals surface area contributed by atoms with Crippen LogP contribution in [-0.2, 0) is 9.47 Å². The van der Waals surface area contributed by atoms with Gasteiger partial charge in [-0.05, 0) is 35.4 Å². The number of ether oxygens (including phenoxy) is 2. The van der Waals surface area contributed by atoms with E-state index in [9.17, 15) is 29.7 Å². The summed E-state index contributed by atoms with van der Waals surface area (Å²) in [5, 5.41) is 30.5. The van der Waals surface area contributed by atoms with Gasteiger partial charge < -0.3 is 24.8 Å². The van der Waals surface area contributed by atoms with Gasteiger partial charge in [0.1, 0.15) is 18.8 Å². The van der Waals surface area contributed by atoms with E-state index in [0.717, 1.165) is 0 Å². The zero-order chi connectivity index (χ0) is 24.2. The van der Waals surface area contributed by atoms with Crippen LogP contribution in [0, 0.1) is 0 Å². The summed E-state index contributed by atoms with van der Waals surface area (Å²) in [6, 6.07) is 20.6. The van der Waals surface area contributed by atoms with Crippen LogP contribution in [0.25, 0.3) is 0 Å². The Morgan fingerprint density at radius 1 is 0.765 bits per heavy atom. The van der Waals surface area contributed by atoms with Crippen molar-refractivity contribution < 1.29 is 39.2 Å². The van der Waals surface area contributed by atoms with Crippen molar-refractivity contribution in [2.45, 2.75) is 24.2 Å². The van der Waals surface area contributed by atoms with Crippen LogP contribution in [0.3, 0.4) is 0 Å². The minimum Gasteiger partial charge on any atom is -0.478 e. The van der Waals surface area contributed by atoms with E-state index in [1.165, 1.54) is 18.2 Å². The van der Waals surface area contributed by atoms with Gasteiger partial charge in [0.15, 0.2) is 0 Å². The van der Waals surface area contributed by atoms with Gasteiger partial charge in [-0.25, -0.2) is 14.4 Å². The number of carboxylic acid groups (broad SMARTS) is 2. The SMILES string of the molecule is O=C(OC[C@@H]1OC(c2ccccc2C(=O)O)[C@H](O)[C@@H]1c1ccccc1C(=O)O)c1ccccc1. The van der Waals surface area contributed by atoms with Gasteiger partial charge in [-0.15, -0.1) is 0 Å². The fourth-order valence-electron chi connectivity index (χ4n) is 4.28. The molecule has 1 saturated heterocycles. The third-order valence-electron chi connectivity index (χ3n) is 5.84. The second kappa shape index (κ2) is 9.86. The monoisotopic (exact) mass is 462 g/mol. The molecule has 1 aliphatic heterocycles. The van der Waals surface area contributed by atoms with Gasteiger partial charge in [0, 0.05) is 5.92 Å². The summed E-state index contributed by atoms with van der Waals surface area (Å²) in [7, 11) is 0. The minimum atomic E-state index is -1.29. The number of aromatic carboxylic acids is 2. The van der Waals surface area contributed by atoms with Crippen LogP contribution in [0.1, 0.15) is 54.2 Å². The Morgan fingerprint density at radius 3 is 1.91 bits per heavy atom. The standard InChI is InChI=1S/C26H22O8/c27-22-21(16-10-4-6-12-18(16)24(28)29)20(14-33-26(32)15-8-2-1-3-9-15)34-23(22)17-11-5-7-13-19(17)25(30)31/h1-13,20-23,27H,14H2,(H,28,29)(H,30,31)/t20-,21+,22+,23?/m0/s1. The predicted octanol–water partition coefficient (Wildman–Crippen LogP) is 3.52. The van der Waals surface area contributed by atoms with Gasteiger partial charge in [-0.1, -0.05) is 54.6 Å². The van der Waals surface area contributed by atoms with Crippen LogP contribution in [-0.4, -0.2) is 52.0 Å². The summed E-state index contributed by atoms with van der Waals surface area (Å²) >= 11 is 0. The fraction of sp³-hybridized carbons (Fsp3) is 0.192. The van der Waals surface area contributed by atoms with E-state index >= 15 is 0 Å². The van der Waals surface area contributed by atoms with Crippen LogP contribution in [0.4, 0.5) is 0 Å².